The Morgan fingerprint density at radius 3 is 2.23 bits per heavy atom. The fraction of sp³-hybridized carbons (Fsp3) is 0.174. The third-order valence-corrected chi connectivity index (χ3v) is 4.48. The summed E-state index contributed by atoms with van der Waals surface area (Å²) >= 11 is 0. The summed E-state index contributed by atoms with van der Waals surface area (Å²) in [5, 5.41) is 4.13. The van der Waals surface area contributed by atoms with Crippen LogP contribution in [0.1, 0.15) is 6.92 Å². The van der Waals surface area contributed by atoms with E-state index in [-0.39, 0.29) is 0 Å². The average Bonchev–Trinajstić information content (AvgIpc) is 3.29. The van der Waals surface area contributed by atoms with Crippen LogP contribution in [0.3, 0.4) is 0 Å². The van der Waals surface area contributed by atoms with Crippen molar-refractivity contribution < 1.29 is 18.7 Å². The Kier molecular flexibility index (Phi) is 5.61. The summed E-state index contributed by atoms with van der Waals surface area (Å²) in [5.41, 5.74) is 3.16. The van der Waals surface area contributed by atoms with Gasteiger partial charge in [-0.3, -0.25) is 0 Å². The molecular weight excluding hydrogens is 382 g/mol. The number of hydrogen-bond acceptors (Lipinski definition) is 7. The molecule has 0 fully saturated rings. The molecule has 0 unspecified atom stereocenters. The van der Waals surface area contributed by atoms with Crippen LogP contribution in [0.2, 0.25) is 0 Å². The van der Waals surface area contributed by atoms with Gasteiger partial charge in [0.05, 0.1) is 32.1 Å². The van der Waals surface area contributed by atoms with E-state index in [1.807, 2.05) is 49.4 Å². The Bertz CT molecular complexity index is 1120. The van der Waals surface area contributed by atoms with Crippen molar-refractivity contribution in [1.29, 1.82) is 0 Å². The molecule has 0 aliphatic heterocycles. The first-order valence-corrected chi connectivity index (χ1v) is 9.48. The predicted octanol–water partition coefficient (Wildman–Crippen LogP) is 4.88. The van der Waals surface area contributed by atoms with Gasteiger partial charge in [0.25, 0.3) is 5.89 Å². The highest BCUT2D eigenvalue weighted by Gasteiger charge is 2.18. The molecular formula is C23H21N3O4. The van der Waals surface area contributed by atoms with Crippen molar-refractivity contribution in [3.05, 3.63) is 60.7 Å². The fourth-order valence-electron chi connectivity index (χ4n) is 3.01. The summed E-state index contributed by atoms with van der Waals surface area (Å²) in [5.74, 6) is 2.45. The molecule has 30 heavy (non-hydrogen) atoms. The SMILES string of the molecule is CCOc1nc(-c2ccccc2)ccc1-c1noc(-c2cc(OC)cc(OC)c2)n1. The molecule has 0 aliphatic carbocycles. The topological polar surface area (TPSA) is 79.5 Å². The molecule has 2 aromatic carbocycles. The van der Waals surface area contributed by atoms with Crippen molar-refractivity contribution in [3.8, 4) is 51.5 Å². The second-order valence-electron chi connectivity index (χ2n) is 6.37. The second kappa shape index (κ2) is 8.65. The number of rotatable bonds is 7. The molecule has 2 aromatic heterocycles. The fourth-order valence-corrected chi connectivity index (χ4v) is 3.01. The Labute approximate surface area is 174 Å². The average molecular weight is 403 g/mol. The van der Waals surface area contributed by atoms with E-state index < -0.39 is 0 Å². The van der Waals surface area contributed by atoms with E-state index in [0.717, 1.165) is 11.3 Å². The van der Waals surface area contributed by atoms with Crippen molar-refractivity contribution >= 4 is 0 Å². The summed E-state index contributed by atoms with van der Waals surface area (Å²) in [4.78, 5) is 9.20. The summed E-state index contributed by atoms with van der Waals surface area (Å²) in [6, 6.07) is 19.1. The molecule has 7 nitrogen and oxygen atoms in total. The van der Waals surface area contributed by atoms with Gasteiger partial charge in [-0.25, -0.2) is 4.98 Å². The molecule has 7 heteroatoms. The van der Waals surface area contributed by atoms with Gasteiger partial charge in [-0.1, -0.05) is 35.5 Å². The van der Waals surface area contributed by atoms with E-state index in [0.29, 0.717) is 46.8 Å². The summed E-state index contributed by atoms with van der Waals surface area (Å²) in [7, 11) is 3.18. The largest absolute Gasteiger partial charge is 0.497 e. The van der Waals surface area contributed by atoms with Crippen molar-refractivity contribution in [2.75, 3.05) is 20.8 Å². The minimum absolute atomic E-state index is 0.344. The molecule has 0 aliphatic rings. The van der Waals surface area contributed by atoms with Crippen LogP contribution in [-0.4, -0.2) is 36.0 Å². The highest BCUT2D eigenvalue weighted by Crippen LogP contribution is 2.33. The van der Waals surface area contributed by atoms with Crippen LogP contribution in [0.5, 0.6) is 17.4 Å². The van der Waals surface area contributed by atoms with Crippen LogP contribution < -0.4 is 14.2 Å². The van der Waals surface area contributed by atoms with E-state index >= 15 is 0 Å². The molecule has 0 radical (unpaired) electrons. The second-order valence-corrected chi connectivity index (χ2v) is 6.37. The smallest absolute Gasteiger partial charge is 0.258 e. The number of aromatic nitrogens is 3. The lowest BCUT2D eigenvalue weighted by Crippen LogP contribution is -1.99. The monoisotopic (exact) mass is 403 g/mol. The number of ether oxygens (including phenoxy) is 3. The van der Waals surface area contributed by atoms with Crippen molar-refractivity contribution in [1.82, 2.24) is 15.1 Å². The zero-order valence-corrected chi connectivity index (χ0v) is 17.0. The van der Waals surface area contributed by atoms with Crippen LogP contribution in [0.4, 0.5) is 0 Å². The first-order valence-electron chi connectivity index (χ1n) is 9.48. The number of hydrogen-bond donors (Lipinski definition) is 0. The third-order valence-electron chi connectivity index (χ3n) is 4.48. The third kappa shape index (κ3) is 3.96. The molecule has 0 amide bonds. The first kappa shape index (κ1) is 19.4. The molecule has 0 saturated carbocycles. The van der Waals surface area contributed by atoms with Gasteiger partial charge in [0.15, 0.2) is 0 Å². The number of pyridine rings is 1. The maximum absolute atomic E-state index is 5.77. The minimum atomic E-state index is 0.344. The molecule has 4 rings (SSSR count). The number of benzene rings is 2. The quantitative estimate of drug-likeness (QED) is 0.435. The highest BCUT2D eigenvalue weighted by molar-refractivity contribution is 5.69. The van der Waals surface area contributed by atoms with Crippen molar-refractivity contribution in [2.45, 2.75) is 6.92 Å². The lowest BCUT2D eigenvalue weighted by atomic mass is 10.1. The Morgan fingerprint density at radius 2 is 1.57 bits per heavy atom. The van der Waals surface area contributed by atoms with Crippen LogP contribution in [0, 0.1) is 0 Å². The van der Waals surface area contributed by atoms with Gasteiger partial charge in [-0.2, -0.15) is 4.98 Å². The molecule has 0 saturated heterocycles. The van der Waals surface area contributed by atoms with Gasteiger partial charge in [0.2, 0.25) is 11.7 Å². The molecule has 0 bridgehead atoms. The normalized spacial score (nSPS) is 10.6. The molecule has 0 atom stereocenters. The molecule has 0 N–H and O–H groups in total. The summed E-state index contributed by atoms with van der Waals surface area (Å²) in [6.07, 6.45) is 0. The van der Waals surface area contributed by atoms with Crippen molar-refractivity contribution in [3.63, 3.8) is 0 Å². The molecule has 4 aromatic rings. The number of methoxy groups -OCH3 is 2. The van der Waals surface area contributed by atoms with Crippen LogP contribution in [0.15, 0.2) is 65.2 Å². The zero-order valence-electron chi connectivity index (χ0n) is 17.0. The van der Waals surface area contributed by atoms with Gasteiger partial charge in [0.1, 0.15) is 11.5 Å². The summed E-state index contributed by atoms with van der Waals surface area (Å²) < 4.78 is 21.9. The van der Waals surface area contributed by atoms with E-state index in [1.165, 1.54) is 0 Å². The van der Waals surface area contributed by atoms with Crippen LogP contribution in [0.25, 0.3) is 34.1 Å². The van der Waals surface area contributed by atoms with Crippen LogP contribution in [-0.2, 0) is 0 Å². The van der Waals surface area contributed by atoms with E-state index in [4.69, 9.17) is 18.7 Å². The van der Waals surface area contributed by atoms with Crippen molar-refractivity contribution in [2.24, 2.45) is 0 Å². The minimum Gasteiger partial charge on any atom is -0.497 e. The predicted molar refractivity (Wildman–Crippen MR) is 113 cm³/mol. The maximum Gasteiger partial charge on any atom is 0.258 e. The van der Waals surface area contributed by atoms with Gasteiger partial charge in [-0.15, -0.1) is 0 Å². The van der Waals surface area contributed by atoms with Gasteiger partial charge >= 0.3 is 0 Å². The first-order chi connectivity index (χ1) is 14.7. The highest BCUT2D eigenvalue weighted by atomic mass is 16.5. The Hall–Kier alpha value is -3.87. The Balaban J connectivity index is 1.72. The van der Waals surface area contributed by atoms with Gasteiger partial charge in [0, 0.05) is 17.2 Å². The maximum atomic E-state index is 5.77. The lowest BCUT2D eigenvalue weighted by molar-refractivity contribution is 0.328. The summed E-state index contributed by atoms with van der Waals surface area (Å²) in [6.45, 7) is 2.38. The number of nitrogens with zero attached hydrogens (tertiary/aromatic N) is 3. The molecule has 2 heterocycles. The standard InChI is InChI=1S/C23H21N3O4/c1-4-29-23-19(10-11-20(24-23)15-8-6-5-7-9-15)21-25-22(30-26-21)16-12-17(27-2)14-18(13-16)28-3/h5-14H,4H2,1-3H3. The van der Waals surface area contributed by atoms with E-state index in [1.54, 1.807) is 32.4 Å². The van der Waals surface area contributed by atoms with E-state index in [9.17, 15) is 0 Å². The molecule has 152 valence electrons. The van der Waals surface area contributed by atoms with E-state index in [2.05, 4.69) is 15.1 Å². The van der Waals surface area contributed by atoms with Gasteiger partial charge in [-0.05, 0) is 31.2 Å². The van der Waals surface area contributed by atoms with Gasteiger partial charge < -0.3 is 18.7 Å². The van der Waals surface area contributed by atoms with Crippen LogP contribution >= 0.6 is 0 Å². The Morgan fingerprint density at radius 1 is 0.833 bits per heavy atom. The zero-order chi connectivity index (χ0) is 20.9. The lowest BCUT2D eigenvalue weighted by Gasteiger charge is -2.09. The molecule has 0 spiro atoms.